The van der Waals surface area contributed by atoms with Gasteiger partial charge in [-0.05, 0) is 79.3 Å². The number of allylic oxidation sites excluding steroid dienone is 2. The highest BCUT2D eigenvalue weighted by Crippen LogP contribution is 2.52. The fourth-order valence-electron chi connectivity index (χ4n) is 8.33. The van der Waals surface area contributed by atoms with Crippen molar-refractivity contribution in [2.75, 3.05) is 0 Å². The number of ether oxygens (including phenoxy) is 1. The third-order valence-electron chi connectivity index (χ3n) is 11.1. The van der Waals surface area contributed by atoms with Crippen molar-refractivity contribution in [3.63, 3.8) is 0 Å². The Morgan fingerprint density at radius 3 is 1.38 bits per heavy atom. The summed E-state index contributed by atoms with van der Waals surface area (Å²) in [4.78, 5) is 15.4. The van der Waals surface area contributed by atoms with Gasteiger partial charge in [0.25, 0.3) is 0 Å². The van der Waals surface area contributed by atoms with E-state index >= 15 is 0 Å². The summed E-state index contributed by atoms with van der Waals surface area (Å²) in [5.74, 6) is 2.87. The van der Waals surface area contributed by atoms with Crippen molar-refractivity contribution in [2.24, 2.45) is 0 Å². The maximum absolute atomic E-state index is 6.80. The van der Waals surface area contributed by atoms with Gasteiger partial charge < -0.3 is 4.74 Å². The van der Waals surface area contributed by atoms with E-state index in [1.165, 1.54) is 43.8 Å². The van der Waals surface area contributed by atoms with E-state index in [1.54, 1.807) is 0 Å². The van der Waals surface area contributed by atoms with Crippen LogP contribution in [0.25, 0.3) is 77.6 Å². The van der Waals surface area contributed by atoms with Gasteiger partial charge in [0.1, 0.15) is 11.9 Å². The van der Waals surface area contributed by atoms with E-state index in [4.69, 9.17) is 19.7 Å². The van der Waals surface area contributed by atoms with E-state index in [-0.39, 0.29) is 12.0 Å². The number of benzene rings is 8. The fourth-order valence-corrected chi connectivity index (χ4v) is 8.33. The first kappa shape index (κ1) is 31.4. The van der Waals surface area contributed by atoms with Gasteiger partial charge in [0.05, 0.1) is 5.92 Å². The average molecular weight is 704 g/mol. The molecule has 4 nitrogen and oxygen atoms in total. The van der Waals surface area contributed by atoms with Crippen LogP contribution in [0.15, 0.2) is 188 Å². The van der Waals surface area contributed by atoms with Crippen LogP contribution in [-0.4, -0.2) is 21.1 Å². The summed E-state index contributed by atoms with van der Waals surface area (Å²) in [7, 11) is 0. The first-order chi connectivity index (χ1) is 27.2. The van der Waals surface area contributed by atoms with Gasteiger partial charge >= 0.3 is 0 Å². The molecule has 11 rings (SSSR count). The molecule has 0 amide bonds. The smallest absolute Gasteiger partial charge is 0.164 e. The van der Waals surface area contributed by atoms with Crippen LogP contribution in [0.4, 0.5) is 0 Å². The molecule has 0 N–H and O–H groups in total. The lowest BCUT2D eigenvalue weighted by Gasteiger charge is -2.28. The molecule has 0 spiro atoms. The second-order valence-electron chi connectivity index (χ2n) is 14.4. The Morgan fingerprint density at radius 1 is 0.345 bits per heavy atom. The van der Waals surface area contributed by atoms with E-state index in [1.807, 2.05) is 0 Å². The number of aromatic nitrogens is 3. The number of fused-ring (bicyclic) bond motifs is 6. The molecule has 0 fully saturated rings. The SMILES string of the molecule is C1=C(c2ccc3ccccc3c2)C2Oc3ccccc3C2C(c2cccc(-c3nc(-c4ccc5ccccc5c4)nc(-c4ccc5ccccc5c4)n3)c2)=C1. The topological polar surface area (TPSA) is 47.9 Å². The molecule has 0 saturated carbocycles. The Bertz CT molecular complexity index is 2950. The number of rotatable bonds is 5. The molecule has 8 aromatic carbocycles. The molecule has 0 radical (unpaired) electrons. The van der Waals surface area contributed by atoms with Crippen molar-refractivity contribution in [3.8, 4) is 39.9 Å². The quantitative estimate of drug-likeness (QED) is 0.179. The molecule has 0 bridgehead atoms. The normalized spacial score (nSPS) is 16.0. The van der Waals surface area contributed by atoms with E-state index in [0.717, 1.165) is 38.8 Å². The molecule has 2 heterocycles. The summed E-state index contributed by atoms with van der Waals surface area (Å²) in [6.07, 6.45) is 4.38. The summed E-state index contributed by atoms with van der Waals surface area (Å²) < 4.78 is 6.80. The second-order valence-corrected chi connectivity index (χ2v) is 14.4. The Hall–Kier alpha value is -7.17. The maximum Gasteiger partial charge on any atom is 0.164 e. The highest BCUT2D eigenvalue weighted by atomic mass is 16.5. The van der Waals surface area contributed by atoms with Gasteiger partial charge in [-0.2, -0.15) is 0 Å². The van der Waals surface area contributed by atoms with Crippen molar-refractivity contribution in [1.82, 2.24) is 15.0 Å². The van der Waals surface area contributed by atoms with Crippen LogP contribution in [-0.2, 0) is 0 Å². The predicted octanol–water partition coefficient (Wildman–Crippen LogP) is 12.4. The minimum absolute atomic E-state index is 0.0256. The molecule has 1 aliphatic carbocycles. The van der Waals surface area contributed by atoms with Crippen molar-refractivity contribution >= 4 is 43.5 Å². The monoisotopic (exact) mass is 703 g/mol. The zero-order valence-corrected chi connectivity index (χ0v) is 29.8. The van der Waals surface area contributed by atoms with Crippen molar-refractivity contribution in [3.05, 3.63) is 205 Å². The molecule has 2 unspecified atom stereocenters. The highest BCUT2D eigenvalue weighted by molar-refractivity contribution is 5.92. The lowest BCUT2D eigenvalue weighted by atomic mass is 9.76. The molecule has 55 heavy (non-hydrogen) atoms. The van der Waals surface area contributed by atoms with Crippen LogP contribution in [0.3, 0.4) is 0 Å². The standard InChI is InChI=1S/C51H33N3O/c1-4-13-35-28-39(23-20-32(35)10-1)44-27-26-43(47-45-18-7-8-19-46(45)55-48(44)47)38-16-9-17-40(31-38)49-52-50(41-24-21-33-11-2-5-14-36(33)29-41)54-51(53-49)42-25-22-34-12-3-6-15-37(34)30-42/h1-31,47-48H. The van der Waals surface area contributed by atoms with Crippen LogP contribution in [0, 0.1) is 0 Å². The van der Waals surface area contributed by atoms with Crippen molar-refractivity contribution in [1.29, 1.82) is 0 Å². The van der Waals surface area contributed by atoms with Crippen LogP contribution in [0.5, 0.6) is 5.75 Å². The first-order valence-corrected chi connectivity index (χ1v) is 18.7. The van der Waals surface area contributed by atoms with Gasteiger partial charge in [0.2, 0.25) is 0 Å². The van der Waals surface area contributed by atoms with Gasteiger partial charge in [-0.25, -0.2) is 15.0 Å². The number of para-hydroxylation sites is 1. The predicted molar refractivity (Wildman–Crippen MR) is 225 cm³/mol. The van der Waals surface area contributed by atoms with Gasteiger partial charge in [0, 0.05) is 27.8 Å². The van der Waals surface area contributed by atoms with E-state index in [0.29, 0.717) is 17.5 Å². The summed E-state index contributed by atoms with van der Waals surface area (Å²) >= 11 is 0. The lowest BCUT2D eigenvalue weighted by Crippen LogP contribution is -2.24. The Morgan fingerprint density at radius 2 is 0.782 bits per heavy atom. The lowest BCUT2D eigenvalue weighted by molar-refractivity contribution is 0.281. The third-order valence-corrected chi connectivity index (χ3v) is 11.1. The van der Waals surface area contributed by atoms with Gasteiger partial charge in [-0.3, -0.25) is 0 Å². The third kappa shape index (κ3) is 5.50. The van der Waals surface area contributed by atoms with Crippen molar-refractivity contribution < 1.29 is 4.74 Å². The summed E-state index contributed by atoms with van der Waals surface area (Å²) in [5, 5.41) is 7.10. The molecule has 2 atom stereocenters. The first-order valence-electron chi connectivity index (χ1n) is 18.7. The summed E-state index contributed by atoms with van der Waals surface area (Å²) in [6, 6.07) is 61.9. The number of hydrogen-bond donors (Lipinski definition) is 0. The minimum Gasteiger partial charge on any atom is -0.484 e. The van der Waals surface area contributed by atoms with E-state index in [9.17, 15) is 0 Å². The maximum atomic E-state index is 6.80. The van der Waals surface area contributed by atoms with Gasteiger partial charge in [-0.15, -0.1) is 0 Å². The molecule has 1 aromatic heterocycles. The van der Waals surface area contributed by atoms with Gasteiger partial charge in [-0.1, -0.05) is 158 Å². The van der Waals surface area contributed by atoms with E-state index < -0.39 is 0 Å². The average Bonchev–Trinajstić information content (AvgIpc) is 3.65. The van der Waals surface area contributed by atoms with Crippen LogP contribution < -0.4 is 4.74 Å². The zero-order chi connectivity index (χ0) is 36.3. The van der Waals surface area contributed by atoms with Crippen LogP contribution in [0.1, 0.15) is 22.6 Å². The van der Waals surface area contributed by atoms with Gasteiger partial charge in [0.15, 0.2) is 17.5 Å². The molecule has 1 aliphatic heterocycles. The molecule has 0 saturated heterocycles. The molecular formula is C51H33N3O. The van der Waals surface area contributed by atoms with Crippen LogP contribution in [0.2, 0.25) is 0 Å². The summed E-state index contributed by atoms with van der Waals surface area (Å²) in [5.41, 5.74) is 8.71. The molecule has 4 heteroatoms. The Balaban J connectivity index is 1.05. The summed E-state index contributed by atoms with van der Waals surface area (Å²) in [6.45, 7) is 0. The Labute approximate surface area is 318 Å². The minimum atomic E-state index is -0.154. The highest BCUT2D eigenvalue weighted by Gasteiger charge is 2.41. The molecule has 258 valence electrons. The second kappa shape index (κ2) is 12.8. The van der Waals surface area contributed by atoms with Crippen molar-refractivity contribution in [2.45, 2.75) is 12.0 Å². The largest absolute Gasteiger partial charge is 0.484 e. The number of hydrogen-bond acceptors (Lipinski definition) is 4. The molecule has 9 aromatic rings. The Kier molecular flexibility index (Phi) is 7.27. The van der Waals surface area contributed by atoms with Crippen LogP contribution >= 0.6 is 0 Å². The molecule has 2 aliphatic rings. The number of nitrogens with zero attached hydrogens (tertiary/aromatic N) is 3. The fraction of sp³-hybridized carbons (Fsp3) is 0.0392. The van der Waals surface area contributed by atoms with E-state index in [2.05, 4.69) is 188 Å². The zero-order valence-electron chi connectivity index (χ0n) is 29.8. The molecular weight excluding hydrogens is 671 g/mol.